The second kappa shape index (κ2) is 6.20. The second-order valence-corrected chi connectivity index (χ2v) is 6.07. The number of aliphatic hydroxyl groups excluding tert-OH is 1. The quantitative estimate of drug-likeness (QED) is 0.866. The Balaban J connectivity index is 2.27. The van der Waals surface area contributed by atoms with Gasteiger partial charge in [0.05, 0.1) is 22.0 Å². The van der Waals surface area contributed by atoms with Crippen molar-refractivity contribution < 1.29 is 5.11 Å². The molecule has 0 aliphatic carbocycles. The lowest BCUT2D eigenvalue weighted by atomic mass is 10.0. The van der Waals surface area contributed by atoms with Gasteiger partial charge < -0.3 is 5.11 Å². The van der Waals surface area contributed by atoms with E-state index in [0.717, 1.165) is 32.3 Å². The van der Waals surface area contributed by atoms with Crippen LogP contribution in [0.25, 0.3) is 0 Å². The highest BCUT2D eigenvalue weighted by molar-refractivity contribution is 9.10. The van der Waals surface area contributed by atoms with Gasteiger partial charge in [-0.3, -0.25) is 4.68 Å². The molecule has 1 heterocycles. The van der Waals surface area contributed by atoms with E-state index in [2.05, 4.69) is 43.9 Å². The largest absolute Gasteiger partial charge is 0.388 e. The van der Waals surface area contributed by atoms with Crippen LogP contribution in [0.5, 0.6) is 0 Å². The summed E-state index contributed by atoms with van der Waals surface area (Å²) in [6, 6.07) is 7.74. The van der Waals surface area contributed by atoms with Crippen LogP contribution in [0.1, 0.15) is 30.0 Å². The van der Waals surface area contributed by atoms with E-state index in [-0.39, 0.29) is 0 Å². The number of hydrogen-bond acceptors (Lipinski definition) is 2. The van der Waals surface area contributed by atoms with Crippen molar-refractivity contribution in [3.05, 3.63) is 50.2 Å². The molecule has 1 aromatic carbocycles. The Kier molecular flexibility index (Phi) is 4.81. The second-order valence-electron chi connectivity index (χ2n) is 4.43. The summed E-state index contributed by atoms with van der Waals surface area (Å²) < 4.78 is 3.77. The van der Waals surface area contributed by atoms with Gasteiger partial charge in [0.25, 0.3) is 0 Å². The maximum atomic E-state index is 10.4. The smallest absolute Gasteiger partial charge is 0.0856 e. The topological polar surface area (TPSA) is 38.0 Å². The fourth-order valence-corrected chi connectivity index (χ4v) is 3.41. The van der Waals surface area contributed by atoms with Crippen molar-refractivity contribution >= 4 is 31.9 Å². The Hall–Kier alpha value is -0.650. The molecule has 0 aliphatic heterocycles. The van der Waals surface area contributed by atoms with Crippen molar-refractivity contribution in [3.63, 3.8) is 0 Å². The maximum Gasteiger partial charge on any atom is 0.0856 e. The van der Waals surface area contributed by atoms with Crippen molar-refractivity contribution in [2.24, 2.45) is 7.05 Å². The van der Waals surface area contributed by atoms with E-state index in [1.807, 2.05) is 36.0 Å². The lowest BCUT2D eigenvalue weighted by Gasteiger charge is -2.13. The SMILES string of the molecule is CCc1nn(C)c(CC(O)c2ccccc2Br)c1Br. The molecule has 2 rings (SSSR count). The Morgan fingerprint density at radius 1 is 1.32 bits per heavy atom. The van der Waals surface area contributed by atoms with E-state index in [9.17, 15) is 5.11 Å². The highest BCUT2D eigenvalue weighted by atomic mass is 79.9. The Labute approximate surface area is 129 Å². The summed E-state index contributed by atoms with van der Waals surface area (Å²) in [6.07, 6.45) is 0.860. The minimum absolute atomic E-state index is 0.534. The lowest BCUT2D eigenvalue weighted by Crippen LogP contribution is -2.07. The highest BCUT2D eigenvalue weighted by Gasteiger charge is 2.18. The molecule has 0 saturated heterocycles. The molecular weight excluding hydrogens is 372 g/mol. The number of rotatable bonds is 4. The summed E-state index contributed by atoms with van der Waals surface area (Å²) in [5.74, 6) is 0. The molecule has 1 unspecified atom stereocenters. The van der Waals surface area contributed by atoms with Crippen LogP contribution in [-0.4, -0.2) is 14.9 Å². The van der Waals surface area contributed by atoms with Gasteiger partial charge in [-0.1, -0.05) is 41.1 Å². The van der Waals surface area contributed by atoms with Gasteiger partial charge in [-0.2, -0.15) is 5.10 Å². The third kappa shape index (κ3) is 3.09. The van der Waals surface area contributed by atoms with Gasteiger partial charge in [0, 0.05) is 17.9 Å². The molecule has 19 heavy (non-hydrogen) atoms. The number of halogens is 2. The lowest BCUT2D eigenvalue weighted by molar-refractivity contribution is 0.175. The molecule has 0 saturated carbocycles. The zero-order chi connectivity index (χ0) is 14.0. The molecule has 1 N–H and O–H groups in total. The summed E-state index contributed by atoms with van der Waals surface area (Å²) in [5, 5.41) is 14.8. The molecule has 0 fully saturated rings. The Bertz CT molecular complexity index is 581. The molecule has 1 atom stereocenters. The van der Waals surface area contributed by atoms with Crippen LogP contribution < -0.4 is 0 Å². The predicted molar refractivity (Wildman–Crippen MR) is 83.1 cm³/mol. The van der Waals surface area contributed by atoms with Gasteiger partial charge >= 0.3 is 0 Å². The summed E-state index contributed by atoms with van der Waals surface area (Å²) in [5.41, 5.74) is 2.94. The van der Waals surface area contributed by atoms with E-state index in [1.54, 1.807) is 0 Å². The number of hydrogen-bond donors (Lipinski definition) is 1. The molecular formula is C14H16Br2N2O. The van der Waals surface area contributed by atoms with Gasteiger partial charge in [0.2, 0.25) is 0 Å². The van der Waals surface area contributed by atoms with E-state index in [0.29, 0.717) is 6.42 Å². The van der Waals surface area contributed by atoms with E-state index in [4.69, 9.17) is 0 Å². The number of benzene rings is 1. The van der Waals surface area contributed by atoms with Crippen LogP contribution in [0.3, 0.4) is 0 Å². The van der Waals surface area contributed by atoms with Gasteiger partial charge in [-0.15, -0.1) is 0 Å². The van der Waals surface area contributed by atoms with Crippen LogP contribution in [0, 0.1) is 0 Å². The van der Waals surface area contributed by atoms with Crippen molar-refractivity contribution in [2.45, 2.75) is 25.9 Å². The van der Waals surface area contributed by atoms with Crippen LogP contribution in [0.2, 0.25) is 0 Å². The number of aryl methyl sites for hydroxylation is 2. The number of aromatic nitrogens is 2. The van der Waals surface area contributed by atoms with Crippen LogP contribution in [-0.2, 0) is 19.9 Å². The molecule has 0 radical (unpaired) electrons. The third-order valence-electron chi connectivity index (χ3n) is 3.15. The summed E-state index contributed by atoms with van der Waals surface area (Å²) in [4.78, 5) is 0. The number of aliphatic hydroxyl groups is 1. The van der Waals surface area contributed by atoms with Gasteiger partial charge in [-0.05, 0) is 34.0 Å². The molecule has 0 amide bonds. The third-order valence-corrected chi connectivity index (χ3v) is 4.79. The maximum absolute atomic E-state index is 10.4. The summed E-state index contributed by atoms with van der Waals surface area (Å²) in [6.45, 7) is 2.07. The minimum Gasteiger partial charge on any atom is -0.388 e. The minimum atomic E-state index is -0.549. The fourth-order valence-electron chi connectivity index (χ4n) is 2.08. The molecule has 0 aliphatic rings. The van der Waals surface area contributed by atoms with Crippen LogP contribution >= 0.6 is 31.9 Å². The predicted octanol–water partition coefficient (Wildman–Crippen LogP) is 3.78. The first-order valence-electron chi connectivity index (χ1n) is 6.17. The van der Waals surface area contributed by atoms with Crippen molar-refractivity contribution in [1.29, 1.82) is 0 Å². The average molecular weight is 388 g/mol. The summed E-state index contributed by atoms with van der Waals surface area (Å²) >= 11 is 7.05. The first-order valence-corrected chi connectivity index (χ1v) is 7.76. The molecule has 3 nitrogen and oxygen atoms in total. The van der Waals surface area contributed by atoms with Crippen molar-refractivity contribution in [2.75, 3.05) is 0 Å². The van der Waals surface area contributed by atoms with E-state index in [1.165, 1.54) is 0 Å². The molecule has 0 bridgehead atoms. The highest BCUT2D eigenvalue weighted by Crippen LogP contribution is 2.29. The first-order chi connectivity index (χ1) is 9.04. The monoisotopic (exact) mass is 386 g/mol. The van der Waals surface area contributed by atoms with Crippen LogP contribution in [0.4, 0.5) is 0 Å². The fraction of sp³-hybridized carbons (Fsp3) is 0.357. The molecule has 5 heteroatoms. The van der Waals surface area contributed by atoms with Crippen molar-refractivity contribution in [1.82, 2.24) is 9.78 Å². The van der Waals surface area contributed by atoms with Crippen molar-refractivity contribution in [3.8, 4) is 0 Å². The zero-order valence-electron chi connectivity index (χ0n) is 10.9. The van der Waals surface area contributed by atoms with E-state index < -0.39 is 6.10 Å². The van der Waals surface area contributed by atoms with Gasteiger partial charge in [0.15, 0.2) is 0 Å². The molecule has 102 valence electrons. The summed E-state index contributed by atoms with van der Waals surface area (Å²) in [7, 11) is 1.91. The van der Waals surface area contributed by atoms with Gasteiger partial charge in [0.1, 0.15) is 0 Å². The van der Waals surface area contributed by atoms with E-state index >= 15 is 0 Å². The van der Waals surface area contributed by atoms with Crippen LogP contribution in [0.15, 0.2) is 33.2 Å². The Morgan fingerprint density at radius 3 is 2.58 bits per heavy atom. The normalized spacial score (nSPS) is 12.7. The average Bonchev–Trinajstić information content (AvgIpc) is 2.66. The molecule has 2 aromatic rings. The number of nitrogens with zero attached hydrogens (tertiary/aromatic N) is 2. The molecule has 1 aromatic heterocycles. The standard InChI is InChI=1S/C14H16Br2N2O/c1-3-11-14(16)12(18(2)17-11)8-13(19)9-6-4-5-7-10(9)15/h4-7,13,19H,3,8H2,1-2H3. The van der Waals surface area contributed by atoms with Gasteiger partial charge in [-0.25, -0.2) is 0 Å². The Morgan fingerprint density at radius 2 is 2.00 bits per heavy atom. The molecule has 0 spiro atoms. The zero-order valence-corrected chi connectivity index (χ0v) is 14.1. The first kappa shape index (κ1) is 14.8.